The van der Waals surface area contributed by atoms with E-state index in [1.165, 1.54) is 5.56 Å². The number of nitrogens with zero attached hydrogens (tertiary/aromatic N) is 5. The zero-order valence-corrected chi connectivity index (χ0v) is 16.5. The van der Waals surface area contributed by atoms with Crippen molar-refractivity contribution >= 4 is 11.8 Å². The number of hydrogen-bond donors (Lipinski definition) is 0. The second-order valence-corrected chi connectivity index (χ2v) is 7.28. The second kappa shape index (κ2) is 8.31. The van der Waals surface area contributed by atoms with Crippen LogP contribution in [0.4, 0.5) is 0 Å². The number of hydrogen-bond acceptors (Lipinski definition) is 5. The predicted molar refractivity (Wildman–Crippen MR) is 110 cm³/mol. The molecule has 6 nitrogen and oxygen atoms in total. The summed E-state index contributed by atoms with van der Waals surface area (Å²) in [7, 11) is 0. The first-order chi connectivity index (χ1) is 13.8. The standard InChI is InChI=1S/C21H21N5OS/c1-3-11-26-20(18-9-13-27-16(18)2)23-24-21(26)28-15-19-22-10-12-25(19)14-17-7-5-4-6-8-17/h3-10,12-13H,1,11,14-15H2,2H3. The molecule has 0 fully saturated rings. The van der Waals surface area contributed by atoms with Crippen LogP contribution in [-0.4, -0.2) is 24.3 Å². The normalized spacial score (nSPS) is 11.0. The summed E-state index contributed by atoms with van der Waals surface area (Å²) >= 11 is 1.62. The molecule has 0 aliphatic heterocycles. The van der Waals surface area contributed by atoms with Crippen molar-refractivity contribution in [1.82, 2.24) is 24.3 Å². The maximum Gasteiger partial charge on any atom is 0.192 e. The first kappa shape index (κ1) is 18.3. The van der Waals surface area contributed by atoms with Gasteiger partial charge in [0.05, 0.1) is 17.6 Å². The molecule has 4 aromatic rings. The van der Waals surface area contributed by atoms with Gasteiger partial charge in [0.15, 0.2) is 11.0 Å². The third-order valence-electron chi connectivity index (χ3n) is 4.46. The predicted octanol–water partition coefficient (Wildman–Crippen LogP) is 4.57. The Labute approximate surface area is 167 Å². The summed E-state index contributed by atoms with van der Waals surface area (Å²) in [5.41, 5.74) is 2.20. The van der Waals surface area contributed by atoms with Crippen LogP contribution in [0.5, 0.6) is 0 Å². The lowest BCUT2D eigenvalue weighted by atomic mass is 10.2. The van der Waals surface area contributed by atoms with Crippen molar-refractivity contribution in [2.45, 2.75) is 30.9 Å². The van der Waals surface area contributed by atoms with Crippen molar-refractivity contribution in [3.63, 3.8) is 0 Å². The fourth-order valence-corrected chi connectivity index (χ4v) is 3.95. The first-order valence-electron chi connectivity index (χ1n) is 9.01. The van der Waals surface area contributed by atoms with E-state index < -0.39 is 0 Å². The summed E-state index contributed by atoms with van der Waals surface area (Å²) in [5.74, 6) is 3.33. The van der Waals surface area contributed by atoms with Crippen LogP contribution in [-0.2, 0) is 18.8 Å². The lowest BCUT2D eigenvalue weighted by Crippen LogP contribution is -2.04. The molecule has 28 heavy (non-hydrogen) atoms. The molecule has 142 valence electrons. The molecule has 0 atom stereocenters. The van der Waals surface area contributed by atoms with E-state index >= 15 is 0 Å². The molecular weight excluding hydrogens is 370 g/mol. The van der Waals surface area contributed by atoms with E-state index in [1.807, 2.05) is 37.5 Å². The minimum Gasteiger partial charge on any atom is -0.469 e. The number of imidazole rings is 1. The first-order valence-corrected chi connectivity index (χ1v) is 10.00. The lowest BCUT2D eigenvalue weighted by Gasteiger charge is -2.09. The van der Waals surface area contributed by atoms with Crippen molar-refractivity contribution in [2.75, 3.05) is 0 Å². The fraction of sp³-hybridized carbons (Fsp3) is 0.190. The number of benzene rings is 1. The van der Waals surface area contributed by atoms with Crippen LogP contribution in [0, 0.1) is 6.92 Å². The maximum atomic E-state index is 5.43. The molecule has 0 aliphatic rings. The molecule has 3 aromatic heterocycles. The van der Waals surface area contributed by atoms with Crippen molar-refractivity contribution in [2.24, 2.45) is 0 Å². The van der Waals surface area contributed by atoms with Crippen LogP contribution in [0.25, 0.3) is 11.4 Å². The number of furan rings is 1. The van der Waals surface area contributed by atoms with Crippen molar-refractivity contribution in [3.8, 4) is 11.4 Å². The summed E-state index contributed by atoms with van der Waals surface area (Å²) < 4.78 is 9.65. The molecule has 0 amide bonds. The summed E-state index contributed by atoms with van der Waals surface area (Å²) in [6, 6.07) is 12.3. The third kappa shape index (κ3) is 3.80. The molecule has 4 rings (SSSR count). The Morgan fingerprint density at radius 3 is 2.79 bits per heavy atom. The molecule has 1 aromatic carbocycles. The number of thioether (sulfide) groups is 1. The highest BCUT2D eigenvalue weighted by molar-refractivity contribution is 7.98. The van der Waals surface area contributed by atoms with E-state index in [0.717, 1.165) is 34.7 Å². The zero-order chi connectivity index (χ0) is 19.3. The molecule has 0 bridgehead atoms. The van der Waals surface area contributed by atoms with Crippen LogP contribution < -0.4 is 0 Å². The largest absolute Gasteiger partial charge is 0.469 e. The van der Waals surface area contributed by atoms with Crippen LogP contribution >= 0.6 is 11.8 Å². The summed E-state index contributed by atoms with van der Waals surface area (Å²) in [6.45, 7) is 7.23. The summed E-state index contributed by atoms with van der Waals surface area (Å²) in [4.78, 5) is 4.52. The molecule has 0 aliphatic carbocycles. The Morgan fingerprint density at radius 1 is 1.18 bits per heavy atom. The summed E-state index contributed by atoms with van der Waals surface area (Å²) in [5, 5.41) is 9.62. The van der Waals surface area contributed by atoms with Gasteiger partial charge in [0.25, 0.3) is 0 Å². The molecule has 7 heteroatoms. The number of allylic oxidation sites excluding steroid dienone is 1. The fourth-order valence-electron chi connectivity index (χ4n) is 3.04. The van der Waals surface area contributed by atoms with Gasteiger partial charge in [0, 0.05) is 25.5 Å². The van der Waals surface area contributed by atoms with E-state index in [4.69, 9.17) is 4.42 Å². The van der Waals surface area contributed by atoms with Gasteiger partial charge in [-0.15, -0.1) is 16.8 Å². The molecular formula is C21H21N5OS. The number of aromatic nitrogens is 5. The van der Waals surface area contributed by atoms with Gasteiger partial charge in [-0.05, 0) is 18.6 Å². The Hall–Kier alpha value is -3.06. The minimum absolute atomic E-state index is 0.633. The number of rotatable bonds is 8. The Balaban J connectivity index is 1.53. The molecule has 0 N–H and O–H groups in total. The summed E-state index contributed by atoms with van der Waals surface area (Å²) in [6.07, 6.45) is 7.37. The maximum absolute atomic E-state index is 5.43. The van der Waals surface area contributed by atoms with Crippen molar-refractivity contribution in [3.05, 3.63) is 84.9 Å². The van der Waals surface area contributed by atoms with Gasteiger partial charge in [-0.1, -0.05) is 48.2 Å². The van der Waals surface area contributed by atoms with E-state index in [9.17, 15) is 0 Å². The van der Waals surface area contributed by atoms with Gasteiger partial charge < -0.3 is 8.98 Å². The molecule has 0 saturated heterocycles. The Bertz CT molecular complexity index is 1060. The molecule has 0 spiro atoms. The molecule has 0 unspecified atom stereocenters. The lowest BCUT2D eigenvalue weighted by molar-refractivity contribution is 0.534. The monoisotopic (exact) mass is 391 g/mol. The Kier molecular flexibility index (Phi) is 5.43. The van der Waals surface area contributed by atoms with E-state index in [1.54, 1.807) is 18.0 Å². The van der Waals surface area contributed by atoms with Gasteiger partial charge in [-0.2, -0.15) is 0 Å². The van der Waals surface area contributed by atoms with E-state index in [2.05, 4.69) is 55.2 Å². The Morgan fingerprint density at radius 2 is 2.04 bits per heavy atom. The van der Waals surface area contributed by atoms with E-state index in [-0.39, 0.29) is 0 Å². The van der Waals surface area contributed by atoms with Gasteiger partial charge in [-0.3, -0.25) is 4.57 Å². The highest BCUT2D eigenvalue weighted by Crippen LogP contribution is 2.28. The van der Waals surface area contributed by atoms with Gasteiger partial charge in [-0.25, -0.2) is 4.98 Å². The third-order valence-corrected chi connectivity index (χ3v) is 5.42. The smallest absolute Gasteiger partial charge is 0.192 e. The molecule has 0 radical (unpaired) electrons. The molecule has 0 saturated carbocycles. The van der Waals surface area contributed by atoms with Gasteiger partial charge in [0.2, 0.25) is 0 Å². The topological polar surface area (TPSA) is 61.7 Å². The van der Waals surface area contributed by atoms with Crippen molar-refractivity contribution in [1.29, 1.82) is 0 Å². The average molecular weight is 392 g/mol. The number of aryl methyl sites for hydroxylation is 1. The second-order valence-electron chi connectivity index (χ2n) is 6.34. The quantitative estimate of drug-likeness (QED) is 0.325. The van der Waals surface area contributed by atoms with Gasteiger partial charge in [0.1, 0.15) is 11.6 Å². The van der Waals surface area contributed by atoms with Crippen LogP contribution in [0.15, 0.2) is 77.3 Å². The van der Waals surface area contributed by atoms with Crippen molar-refractivity contribution < 1.29 is 4.42 Å². The SMILES string of the molecule is C=CCn1c(SCc2nccn2Cc2ccccc2)nnc1-c1ccoc1C. The molecule has 3 heterocycles. The zero-order valence-electron chi connectivity index (χ0n) is 15.7. The van der Waals surface area contributed by atoms with Crippen LogP contribution in [0.3, 0.4) is 0 Å². The van der Waals surface area contributed by atoms with Crippen LogP contribution in [0.2, 0.25) is 0 Å². The highest BCUT2D eigenvalue weighted by Gasteiger charge is 2.17. The van der Waals surface area contributed by atoms with Gasteiger partial charge >= 0.3 is 0 Å². The minimum atomic E-state index is 0.633. The highest BCUT2D eigenvalue weighted by atomic mass is 32.2. The van der Waals surface area contributed by atoms with Crippen LogP contribution in [0.1, 0.15) is 17.1 Å². The average Bonchev–Trinajstić information content (AvgIpc) is 3.42. The van der Waals surface area contributed by atoms with E-state index in [0.29, 0.717) is 12.3 Å².